The van der Waals surface area contributed by atoms with Crippen molar-refractivity contribution >= 4 is 33.0 Å². The van der Waals surface area contributed by atoms with Gasteiger partial charge in [-0.15, -0.1) is 10.2 Å². The molecule has 0 spiro atoms. The molecule has 1 N–H and O–H groups in total. The van der Waals surface area contributed by atoms with Gasteiger partial charge in [0.2, 0.25) is 21.8 Å². The van der Waals surface area contributed by atoms with Gasteiger partial charge in [-0.1, -0.05) is 11.3 Å². The Bertz CT molecular complexity index is 991. The Morgan fingerprint density at radius 2 is 2.14 bits per heavy atom. The molecule has 4 rings (SSSR count). The van der Waals surface area contributed by atoms with Crippen LogP contribution in [-0.2, 0) is 10.0 Å². The van der Waals surface area contributed by atoms with E-state index >= 15 is 0 Å². The quantitative estimate of drug-likeness (QED) is 0.782. The van der Waals surface area contributed by atoms with E-state index in [0.29, 0.717) is 35.3 Å². The van der Waals surface area contributed by atoms with Crippen LogP contribution in [0.1, 0.15) is 40.5 Å². The highest BCUT2D eigenvalue weighted by molar-refractivity contribution is 7.89. The molecule has 150 valence electrons. The Kier molecular flexibility index (Phi) is 5.21. The second-order valence-electron chi connectivity index (χ2n) is 6.57. The summed E-state index contributed by atoms with van der Waals surface area (Å²) in [5, 5.41) is 11.8. The number of nitrogens with one attached hydrogen (secondary N) is 1. The fourth-order valence-electron chi connectivity index (χ4n) is 3.23. The molecule has 2 aromatic rings. The number of aromatic nitrogens is 2. The van der Waals surface area contributed by atoms with Gasteiger partial charge in [0.25, 0.3) is 5.91 Å². The first-order chi connectivity index (χ1) is 13.5. The number of sulfonamides is 1. The zero-order valence-electron chi connectivity index (χ0n) is 15.3. The van der Waals surface area contributed by atoms with E-state index in [-0.39, 0.29) is 29.4 Å². The minimum absolute atomic E-state index is 0.0420. The number of carbonyl (C=O) groups is 1. The fraction of sp³-hybridized carbons (Fsp3) is 0.471. The molecule has 1 fully saturated rings. The molecule has 1 aromatic heterocycles. The summed E-state index contributed by atoms with van der Waals surface area (Å²) in [7, 11) is -3.23. The second-order valence-corrected chi connectivity index (χ2v) is 9.83. The highest BCUT2D eigenvalue weighted by Gasteiger charge is 2.31. The average molecular weight is 425 g/mol. The molecular weight excluding hydrogens is 404 g/mol. The topological polar surface area (TPSA) is 111 Å². The third-order valence-electron chi connectivity index (χ3n) is 4.76. The Morgan fingerprint density at radius 3 is 2.96 bits per heavy atom. The predicted molar refractivity (Wildman–Crippen MR) is 103 cm³/mol. The van der Waals surface area contributed by atoms with Gasteiger partial charge < -0.3 is 14.8 Å². The van der Waals surface area contributed by atoms with Gasteiger partial charge in [-0.25, -0.2) is 12.7 Å². The van der Waals surface area contributed by atoms with Gasteiger partial charge in [0, 0.05) is 30.8 Å². The zero-order valence-corrected chi connectivity index (χ0v) is 16.9. The summed E-state index contributed by atoms with van der Waals surface area (Å²) in [5.41, 5.74) is 0.573. The first kappa shape index (κ1) is 19.1. The van der Waals surface area contributed by atoms with Crippen molar-refractivity contribution in [3.8, 4) is 11.5 Å². The lowest BCUT2D eigenvalue weighted by Crippen LogP contribution is -2.39. The molecular formula is C17H20N4O5S2. The molecule has 2 aliphatic rings. The minimum Gasteiger partial charge on any atom is -0.454 e. The van der Waals surface area contributed by atoms with E-state index in [2.05, 4.69) is 15.5 Å². The van der Waals surface area contributed by atoms with Gasteiger partial charge >= 0.3 is 0 Å². The standard InChI is InChI=1S/C17H20N4O5S2/c1-2-28(23,24)21-7-3-4-11(9-21)16-19-20-17(27-16)15(22)18-12-5-6-13-14(8-12)26-10-25-13/h5-6,8,11H,2-4,7,9-10H2,1H3,(H,18,22)/t11-/m1/s1. The summed E-state index contributed by atoms with van der Waals surface area (Å²) in [6.45, 7) is 2.72. The first-order valence-corrected chi connectivity index (χ1v) is 11.4. The Morgan fingerprint density at radius 1 is 1.32 bits per heavy atom. The maximum atomic E-state index is 12.5. The van der Waals surface area contributed by atoms with Gasteiger partial charge in [-0.3, -0.25) is 4.79 Å². The predicted octanol–water partition coefficient (Wildman–Crippen LogP) is 2.05. The number of hydrogen-bond acceptors (Lipinski definition) is 8. The molecule has 0 aliphatic carbocycles. The van der Waals surface area contributed by atoms with Crippen molar-refractivity contribution in [2.24, 2.45) is 0 Å². The number of benzene rings is 1. The number of nitrogens with zero attached hydrogens (tertiary/aromatic N) is 3. The minimum atomic E-state index is -3.23. The Labute approximate surface area is 166 Å². The summed E-state index contributed by atoms with van der Waals surface area (Å²) >= 11 is 1.20. The van der Waals surface area contributed by atoms with Crippen LogP contribution in [-0.4, -0.2) is 54.5 Å². The average Bonchev–Trinajstić information content (AvgIpc) is 3.37. The molecule has 0 saturated carbocycles. The molecule has 3 heterocycles. The van der Waals surface area contributed by atoms with Crippen LogP contribution < -0.4 is 14.8 Å². The number of amides is 1. The number of piperidine rings is 1. The van der Waals surface area contributed by atoms with Crippen molar-refractivity contribution in [3.05, 3.63) is 28.2 Å². The summed E-state index contributed by atoms with van der Waals surface area (Å²) in [6, 6.07) is 5.15. The highest BCUT2D eigenvalue weighted by Crippen LogP contribution is 2.35. The van der Waals surface area contributed by atoms with Crippen molar-refractivity contribution in [2.45, 2.75) is 25.7 Å². The Balaban J connectivity index is 1.44. The number of rotatable bonds is 5. The van der Waals surface area contributed by atoms with E-state index in [0.717, 1.165) is 12.8 Å². The monoisotopic (exact) mass is 424 g/mol. The molecule has 28 heavy (non-hydrogen) atoms. The summed E-state index contributed by atoms with van der Waals surface area (Å²) in [6.07, 6.45) is 1.59. The Hall–Kier alpha value is -2.24. The number of fused-ring (bicyclic) bond motifs is 1. The van der Waals surface area contributed by atoms with E-state index in [1.54, 1.807) is 25.1 Å². The lowest BCUT2D eigenvalue weighted by molar-refractivity contribution is 0.102. The van der Waals surface area contributed by atoms with Gasteiger partial charge in [0.05, 0.1) is 5.75 Å². The van der Waals surface area contributed by atoms with Crippen LogP contribution in [0, 0.1) is 0 Å². The number of hydrogen-bond donors (Lipinski definition) is 1. The van der Waals surface area contributed by atoms with Crippen LogP contribution in [0.2, 0.25) is 0 Å². The van der Waals surface area contributed by atoms with Crippen molar-refractivity contribution in [1.29, 1.82) is 0 Å². The largest absolute Gasteiger partial charge is 0.454 e. The van der Waals surface area contributed by atoms with E-state index in [9.17, 15) is 13.2 Å². The molecule has 0 unspecified atom stereocenters. The van der Waals surface area contributed by atoms with Gasteiger partial charge in [0.1, 0.15) is 5.01 Å². The molecule has 9 nitrogen and oxygen atoms in total. The molecule has 0 radical (unpaired) electrons. The van der Waals surface area contributed by atoms with Crippen LogP contribution in [0.15, 0.2) is 18.2 Å². The van der Waals surface area contributed by atoms with Gasteiger partial charge in [0.15, 0.2) is 11.5 Å². The van der Waals surface area contributed by atoms with E-state index in [1.807, 2.05) is 0 Å². The lowest BCUT2D eigenvalue weighted by Gasteiger charge is -2.30. The zero-order chi connectivity index (χ0) is 19.7. The molecule has 1 amide bonds. The van der Waals surface area contributed by atoms with Crippen LogP contribution in [0.5, 0.6) is 11.5 Å². The maximum Gasteiger partial charge on any atom is 0.286 e. The fourth-order valence-corrected chi connectivity index (χ4v) is 5.27. The van der Waals surface area contributed by atoms with E-state index in [4.69, 9.17) is 9.47 Å². The van der Waals surface area contributed by atoms with Crippen molar-refractivity contribution in [1.82, 2.24) is 14.5 Å². The molecule has 1 atom stereocenters. The van der Waals surface area contributed by atoms with E-state index < -0.39 is 10.0 Å². The highest BCUT2D eigenvalue weighted by atomic mass is 32.2. The third kappa shape index (κ3) is 3.82. The first-order valence-electron chi connectivity index (χ1n) is 8.98. The number of ether oxygens (including phenoxy) is 2. The van der Waals surface area contributed by atoms with Crippen LogP contribution in [0.3, 0.4) is 0 Å². The molecule has 1 saturated heterocycles. The van der Waals surface area contributed by atoms with Crippen molar-refractivity contribution in [2.75, 3.05) is 31.0 Å². The van der Waals surface area contributed by atoms with Gasteiger partial charge in [-0.05, 0) is 31.9 Å². The molecule has 0 bridgehead atoms. The lowest BCUT2D eigenvalue weighted by atomic mass is 10.0. The normalized spacial score (nSPS) is 19.5. The smallest absolute Gasteiger partial charge is 0.286 e. The SMILES string of the molecule is CCS(=O)(=O)N1CCC[C@@H](c2nnc(C(=O)Nc3ccc4c(c3)OCO4)s2)C1. The van der Waals surface area contributed by atoms with Gasteiger partial charge in [-0.2, -0.15) is 0 Å². The van der Waals surface area contributed by atoms with Crippen molar-refractivity contribution in [3.63, 3.8) is 0 Å². The number of carbonyl (C=O) groups excluding carboxylic acids is 1. The second kappa shape index (κ2) is 7.64. The van der Waals surface area contributed by atoms with Crippen molar-refractivity contribution < 1.29 is 22.7 Å². The summed E-state index contributed by atoms with van der Waals surface area (Å²) < 4.78 is 36.3. The molecule has 11 heteroatoms. The summed E-state index contributed by atoms with van der Waals surface area (Å²) in [5.74, 6) is 0.894. The molecule has 1 aromatic carbocycles. The number of anilines is 1. The summed E-state index contributed by atoms with van der Waals surface area (Å²) in [4.78, 5) is 12.5. The van der Waals surface area contributed by atoms with Crippen LogP contribution in [0.4, 0.5) is 5.69 Å². The van der Waals surface area contributed by atoms with Crippen LogP contribution >= 0.6 is 11.3 Å². The third-order valence-corrected chi connectivity index (χ3v) is 7.69. The van der Waals surface area contributed by atoms with Crippen LogP contribution in [0.25, 0.3) is 0 Å². The molecule has 2 aliphatic heterocycles. The maximum absolute atomic E-state index is 12.5. The van der Waals surface area contributed by atoms with E-state index in [1.165, 1.54) is 15.6 Å².